The third kappa shape index (κ3) is 3.51. The van der Waals surface area contributed by atoms with E-state index in [1.54, 1.807) is 0 Å². The molecule has 2 rings (SSSR count). The van der Waals surface area contributed by atoms with Gasteiger partial charge in [-0.05, 0) is 48.9 Å². The van der Waals surface area contributed by atoms with E-state index in [0.717, 1.165) is 23.4 Å². The molecule has 0 spiro atoms. The van der Waals surface area contributed by atoms with Crippen molar-refractivity contribution in [1.82, 2.24) is 5.32 Å². The molecule has 0 radical (unpaired) electrons. The van der Waals surface area contributed by atoms with E-state index in [1.165, 1.54) is 32.1 Å². The second-order valence-electron chi connectivity index (χ2n) is 6.23. The number of carbonyl (C=O) groups excluding carboxylic acids is 1. The van der Waals surface area contributed by atoms with Crippen LogP contribution in [0.3, 0.4) is 0 Å². The molecule has 1 aromatic rings. The molecule has 0 unspecified atom stereocenters. The molecule has 4 nitrogen and oxygen atoms in total. The van der Waals surface area contributed by atoms with Gasteiger partial charge in [0.05, 0.1) is 0 Å². The van der Waals surface area contributed by atoms with Crippen molar-refractivity contribution in [1.29, 1.82) is 0 Å². The van der Waals surface area contributed by atoms with Gasteiger partial charge in [-0.25, -0.2) is 0 Å². The van der Waals surface area contributed by atoms with E-state index in [2.05, 4.69) is 17.7 Å². The van der Waals surface area contributed by atoms with Crippen LogP contribution in [0.25, 0.3) is 0 Å². The van der Waals surface area contributed by atoms with Crippen LogP contribution >= 0.6 is 0 Å². The van der Waals surface area contributed by atoms with E-state index in [9.17, 15) is 4.79 Å². The minimum atomic E-state index is 0.0119. The van der Waals surface area contributed by atoms with Crippen LogP contribution in [-0.2, 0) is 0 Å². The highest BCUT2D eigenvalue weighted by Gasteiger charge is 2.27. The molecule has 20 heavy (non-hydrogen) atoms. The zero-order valence-electron chi connectivity index (χ0n) is 12.5. The van der Waals surface area contributed by atoms with Crippen molar-refractivity contribution in [2.24, 2.45) is 11.3 Å². The Labute approximate surface area is 121 Å². The molecule has 1 aliphatic carbocycles. The Hall–Kier alpha value is -1.55. The van der Waals surface area contributed by atoms with Crippen molar-refractivity contribution in [3.8, 4) is 0 Å². The van der Waals surface area contributed by atoms with Gasteiger partial charge in [0, 0.05) is 17.8 Å². The number of aryl methyl sites for hydroxylation is 1. The van der Waals surface area contributed by atoms with Crippen molar-refractivity contribution in [2.75, 3.05) is 12.0 Å². The molecule has 1 aliphatic rings. The fourth-order valence-corrected chi connectivity index (χ4v) is 2.98. The number of nitrogens with two attached hydrogens (primary N) is 1. The van der Waals surface area contributed by atoms with E-state index < -0.39 is 0 Å². The Bertz CT molecular complexity index is 479. The Morgan fingerprint density at radius 2 is 2.00 bits per heavy atom. The monoisotopic (exact) mass is 275 g/mol. The zero-order chi connectivity index (χ0) is 14.6. The topological polar surface area (TPSA) is 67.1 Å². The number of rotatable bonds is 4. The fraction of sp³-hybridized carbons (Fsp3) is 0.562. The Balaban J connectivity index is 1.98. The average molecular weight is 275 g/mol. The number of nitrogen functional groups attached to an aromatic ring is 1. The lowest BCUT2D eigenvalue weighted by molar-refractivity contribution is 0.0918. The van der Waals surface area contributed by atoms with Crippen molar-refractivity contribution in [3.63, 3.8) is 0 Å². The summed E-state index contributed by atoms with van der Waals surface area (Å²) in [7, 11) is 0. The summed E-state index contributed by atoms with van der Waals surface area (Å²) >= 11 is 0. The highest BCUT2D eigenvalue weighted by Crippen LogP contribution is 2.35. The van der Waals surface area contributed by atoms with Crippen molar-refractivity contribution < 1.29 is 4.79 Å². The van der Waals surface area contributed by atoms with Crippen LogP contribution in [0.4, 0.5) is 5.69 Å². The number of benzene rings is 1. The SMILES string of the molecule is Cc1cc(NN)ccc1C(=O)NCC1(C)CCCCC1. The number of hydrazine groups is 1. The molecule has 1 amide bonds. The first-order valence-electron chi connectivity index (χ1n) is 7.40. The summed E-state index contributed by atoms with van der Waals surface area (Å²) < 4.78 is 0. The second-order valence-corrected chi connectivity index (χ2v) is 6.23. The van der Waals surface area contributed by atoms with Gasteiger partial charge < -0.3 is 10.7 Å². The number of hydrogen-bond acceptors (Lipinski definition) is 3. The van der Waals surface area contributed by atoms with Crippen molar-refractivity contribution in [3.05, 3.63) is 29.3 Å². The molecule has 1 fully saturated rings. The minimum absolute atomic E-state index is 0.0119. The molecule has 0 bridgehead atoms. The summed E-state index contributed by atoms with van der Waals surface area (Å²) in [4.78, 5) is 12.3. The zero-order valence-corrected chi connectivity index (χ0v) is 12.5. The van der Waals surface area contributed by atoms with E-state index in [0.29, 0.717) is 0 Å². The first kappa shape index (κ1) is 14.9. The lowest BCUT2D eigenvalue weighted by Crippen LogP contribution is -2.37. The van der Waals surface area contributed by atoms with Crippen LogP contribution < -0.4 is 16.6 Å². The fourth-order valence-electron chi connectivity index (χ4n) is 2.98. The van der Waals surface area contributed by atoms with Gasteiger partial charge in [0.15, 0.2) is 0 Å². The van der Waals surface area contributed by atoms with Gasteiger partial charge in [0.1, 0.15) is 0 Å². The largest absolute Gasteiger partial charge is 0.351 e. The van der Waals surface area contributed by atoms with Crippen LogP contribution in [-0.4, -0.2) is 12.5 Å². The molecule has 110 valence electrons. The van der Waals surface area contributed by atoms with Gasteiger partial charge in [-0.15, -0.1) is 0 Å². The second kappa shape index (κ2) is 6.27. The predicted octanol–water partition coefficient (Wildman–Crippen LogP) is 2.98. The molecule has 0 atom stereocenters. The Morgan fingerprint density at radius 3 is 2.60 bits per heavy atom. The van der Waals surface area contributed by atoms with Crippen molar-refractivity contribution in [2.45, 2.75) is 46.0 Å². The van der Waals surface area contributed by atoms with Gasteiger partial charge in [0.2, 0.25) is 0 Å². The van der Waals surface area contributed by atoms with E-state index in [-0.39, 0.29) is 11.3 Å². The highest BCUT2D eigenvalue weighted by molar-refractivity contribution is 5.96. The number of amides is 1. The molecular formula is C16H25N3O. The smallest absolute Gasteiger partial charge is 0.251 e. The highest BCUT2D eigenvalue weighted by atomic mass is 16.1. The maximum absolute atomic E-state index is 12.3. The molecule has 1 aromatic carbocycles. The van der Waals surface area contributed by atoms with Crippen LogP contribution in [0.2, 0.25) is 0 Å². The number of nitrogens with one attached hydrogen (secondary N) is 2. The third-order valence-electron chi connectivity index (χ3n) is 4.37. The van der Waals surface area contributed by atoms with E-state index >= 15 is 0 Å². The number of hydrogen-bond donors (Lipinski definition) is 3. The minimum Gasteiger partial charge on any atom is -0.351 e. The molecular weight excluding hydrogens is 250 g/mol. The molecule has 1 saturated carbocycles. The summed E-state index contributed by atoms with van der Waals surface area (Å²) in [6, 6.07) is 5.53. The lowest BCUT2D eigenvalue weighted by atomic mass is 9.76. The molecule has 4 heteroatoms. The Morgan fingerprint density at radius 1 is 1.30 bits per heavy atom. The van der Waals surface area contributed by atoms with Crippen LogP contribution in [0, 0.1) is 12.3 Å². The number of carbonyl (C=O) groups is 1. The summed E-state index contributed by atoms with van der Waals surface area (Å²) in [6.45, 7) is 4.97. The van der Waals surface area contributed by atoms with Crippen LogP contribution in [0.1, 0.15) is 54.9 Å². The third-order valence-corrected chi connectivity index (χ3v) is 4.37. The standard InChI is InChI=1S/C16H25N3O/c1-12-10-13(19-17)6-7-14(12)15(20)18-11-16(2)8-4-3-5-9-16/h6-7,10,19H,3-5,8-9,11,17H2,1-2H3,(H,18,20). The van der Waals surface area contributed by atoms with E-state index in [4.69, 9.17) is 5.84 Å². The summed E-state index contributed by atoms with van der Waals surface area (Å²) in [5.74, 6) is 5.38. The summed E-state index contributed by atoms with van der Waals surface area (Å²) in [6.07, 6.45) is 6.31. The maximum atomic E-state index is 12.3. The van der Waals surface area contributed by atoms with Gasteiger partial charge in [-0.3, -0.25) is 10.6 Å². The molecule has 0 aliphatic heterocycles. The predicted molar refractivity (Wildman–Crippen MR) is 82.5 cm³/mol. The Kier molecular flexibility index (Phi) is 4.65. The molecule has 0 aromatic heterocycles. The van der Waals surface area contributed by atoms with Crippen molar-refractivity contribution >= 4 is 11.6 Å². The van der Waals surface area contributed by atoms with Gasteiger partial charge in [-0.2, -0.15) is 0 Å². The quantitative estimate of drug-likeness (QED) is 0.584. The van der Waals surface area contributed by atoms with Gasteiger partial charge in [0.25, 0.3) is 5.91 Å². The summed E-state index contributed by atoms with van der Waals surface area (Å²) in [5.41, 5.74) is 5.34. The molecule has 0 saturated heterocycles. The average Bonchev–Trinajstić information content (AvgIpc) is 2.45. The maximum Gasteiger partial charge on any atom is 0.251 e. The first-order chi connectivity index (χ1) is 9.54. The van der Waals surface area contributed by atoms with Crippen LogP contribution in [0.5, 0.6) is 0 Å². The molecule has 4 N–H and O–H groups in total. The lowest BCUT2D eigenvalue weighted by Gasteiger charge is -2.33. The number of anilines is 1. The van der Waals surface area contributed by atoms with Gasteiger partial charge >= 0.3 is 0 Å². The van der Waals surface area contributed by atoms with E-state index in [1.807, 2.05) is 25.1 Å². The normalized spacial score (nSPS) is 17.6. The summed E-state index contributed by atoms with van der Waals surface area (Å²) in [5, 5.41) is 3.10. The van der Waals surface area contributed by atoms with Gasteiger partial charge in [-0.1, -0.05) is 26.2 Å². The molecule has 0 heterocycles. The van der Waals surface area contributed by atoms with Crippen LogP contribution in [0.15, 0.2) is 18.2 Å². The first-order valence-corrected chi connectivity index (χ1v) is 7.40.